The number of nitrogens with zero attached hydrogens (tertiary/aromatic N) is 3. The van der Waals surface area contributed by atoms with Crippen LogP contribution in [0.4, 0.5) is 5.69 Å². The molecule has 0 spiro atoms. The Balaban J connectivity index is 1.64. The largest absolute Gasteiger partial charge is 0.321 e. The van der Waals surface area contributed by atoms with Gasteiger partial charge in [-0.05, 0) is 43.3 Å². The van der Waals surface area contributed by atoms with Crippen LogP contribution in [0.2, 0.25) is 0 Å². The van der Waals surface area contributed by atoms with Crippen LogP contribution in [0.25, 0.3) is 15.7 Å². The molecule has 1 amide bonds. The number of nitrogens with one attached hydrogen (secondary N) is 1. The molecule has 0 aliphatic carbocycles. The van der Waals surface area contributed by atoms with E-state index in [4.69, 9.17) is 0 Å². The average molecular weight is 308 g/mol. The topological polar surface area (TPSA) is 59.3 Å². The highest BCUT2D eigenvalue weighted by molar-refractivity contribution is 7.18. The Bertz CT molecular complexity index is 969. The minimum Gasteiger partial charge on any atom is -0.321 e. The van der Waals surface area contributed by atoms with Crippen molar-refractivity contribution in [2.45, 2.75) is 6.92 Å². The van der Waals surface area contributed by atoms with E-state index >= 15 is 0 Å². The summed E-state index contributed by atoms with van der Waals surface area (Å²) >= 11 is 1.61. The molecule has 22 heavy (non-hydrogen) atoms. The number of aryl methyl sites for hydroxylation is 1. The number of pyridine rings is 1. The first-order valence-corrected chi connectivity index (χ1v) is 7.64. The van der Waals surface area contributed by atoms with E-state index in [1.54, 1.807) is 21.9 Å². The first kappa shape index (κ1) is 13.0. The van der Waals surface area contributed by atoms with Crippen LogP contribution in [0.1, 0.15) is 15.5 Å². The van der Waals surface area contributed by atoms with Crippen LogP contribution in [-0.2, 0) is 0 Å². The molecule has 0 fully saturated rings. The number of thiazole rings is 1. The maximum Gasteiger partial charge on any atom is 0.276 e. The lowest BCUT2D eigenvalue weighted by molar-refractivity contribution is 0.102. The Labute approximate surface area is 130 Å². The molecular formula is C16H12N4OS. The minimum absolute atomic E-state index is 0.218. The van der Waals surface area contributed by atoms with Gasteiger partial charge in [0.25, 0.3) is 5.91 Å². The normalized spacial score (nSPS) is 11.1. The maximum atomic E-state index is 12.3. The van der Waals surface area contributed by atoms with E-state index in [2.05, 4.69) is 15.4 Å². The van der Waals surface area contributed by atoms with Crippen molar-refractivity contribution >= 4 is 38.7 Å². The summed E-state index contributed by atoms with van der Waals surface area (Å²) in [5, 5.41) is 8.17. The second-order valence-corrected chi connectivity index (χ2v) is 6.20. The Morgan fingerprint density at radius 2 is 2.14 bits per heavy atom. The molecule has 0 saturated heterocycles. The zero-order chi connectivity index (χ0) is 15.1. The predicted molar refractivity (Wildman–Crippen MR) is 87.5 cm³/mol. The zero-order valence-corrected chi connectivity index (χ0v) is 12.6. The van der Waals surface area contributed by atoms with E-state index in [1.807, 2.05) is 49.5 Å². The third-order valence-electron chi connectivity index (χ3n) is 3.36. The number of carbonyl (C=O) groups excluding carboxylic acids is 1. The van der Waals surface area contributed by atoms with Gasteiger partial charge < -0.3 is 5.32 Å². The summed E-state index contributed by atoms with van der Waals surface area (Å²) in [6, 6.07) is 13.2. The van der Waals surface area contributed by atoms with Crippen LogP contribution in [0.15, 0.2) is 48.7 Å². The Hall–Kier alpha value is -2.73. The van der Waals surface area contributed by atoms with E-state index in [1.165, 1.54) is 0 Å². The second kappa shape index (κ2) is 4.92. The summed E-state index contributed by atoms with van der Waals surface area (Å²) in [4.78, 5) is 16.7. The summed E-state index contributed by atoms with van der Waals surface area (Å²) in [5.74, 6) is -0.218. The molecular weight excluding hydrogens is 296 g/mol. The van der Waals surface area contributed by atoms with Gasteiger partial charge in [-0.3, -0.25) is 4.79 Å². The lowest BCUT2D eigenvalue weighted by Crippen LogP contribution is -2.12. The average Bonchev–Trinajstić information content (AvgIpc) is 3.08. The van der Waals surface area contributed by atoms with Gasteiger partial charge in [0, 0.05) is 11.9 Å². The standard InChI is InChI=1S/C16H12N4OS/c1-10-17-13-6-5-11(8-15(13)22-10)18-16(21)14-9-12-4-2-3-7-20(12)19-14/h2-9H,1H3,(H,18,21). The zero-order valence-electron chi connectivity index (χ0n) is 11.8. The molecule has 0 unspecified atom stereocenters. The smallest absolute Gasteiger partial charge is 0.276 e. The SMILES string of the molecule is Cc1nc2ccc(NC(=O)c3cc4ccccn4n3)cc2s1. The van der Waals surface area contributed by atoms with Crippen LogP contribution >= 0.6 is 11.3 Å². The van der Waals surface area contributed by atoms with Crippen molar-refractivity contribution in [2.24, 2.45) is 0 Å². The maximum absolute atomic E-state index is 12.3. The molecule has 6 heteroatoms. The highest BCUT2D eigenvalue weighted by Gasteiger charge is 2.11. The van der Waals surface area contributed by atoms with Crippen LogP contribution in [-0.4, -0.2) is 20.5 Å². The highest BCUT2D eigenvalue weighted by Crippen LogP contribution is 2.25. The molecule has 4 aromatic rings. The van der Waals surface area contributed by atoms with Gasteiger partial charge in [0.1, 0.15) is 0 Å². The molecule has 5 nitrogen and oxygen atoms in total. The quantitative estimate of drug-likeness (QED) is 0.616. The summed E-state index contributed by atoms with van der Waals surface area (Å²) in [6.07, 6.45) is 1.82. The summed E-state index contributed by atoms with van der Waals surface area (Å²) in [7, 11) is 0. The number of fused-ring (bicyclic) bond motifs is 2. The monoisotopic (exact) mass is 308 g/mol. The molecule has 0 saturated carbocycles. The van der Waals surface area contributed by atoms with Gasteiger partial charge in [-0.15, -0.1) is 11.3 Å². The molecule has 0 atom stereocenters. The van der Waals surface area contributed by atoms with Gasteiger partial charge in [0.15, 0.2) is 5.69 Å². The van der Waals surface area contributed by atoms with Crippen molar-refractivity contribution in [3.05, 3.63) is 59.4 Å². The number of rotatable bonds is 2. The van der Waals surface area contributed by atoms with Crippen LogP contribution < -0.4 is 5.32 Å². The molecule has 0 aliphatic rings. The first-order valence-electron chi connectivity index (χ1n) is 6.82. The summed E-state index contributed by atoms with van der Waals surface area (Å²) in [5.41, 5.74) is 2.99. The number of benzene rings is 1. The second-order valence-electron chi connectivity index (χ2n) is 4.97. The third-order valence-corrected chi connectivity index (χ3v) is 4.29. The number of anilines is 1. The lowest BCUT2D eigenvalue weighted by atomic mass is 10.3. The number of hydrogen-bond acceptors (Lipinski definition) is 4. The number of hydrogen-bond donors (Lipinski definition) is 1. The van der Waals surface area contributed by atoms with Crippen molar-refractivity contribution in [2.75, 3.05) is 5.32 Å². The van der Waals surface area contributed by atoms with E-state index in [-0.39, 0.29) is 5.91 Å². The fourth-order valence-corrected chi connectivity index (χ4v) is 3.23. The summed E-state index contributed by atoms with van der Waals surface area (Å²) < 4.78 is 2.75. The van der Waals surface area contributed by atoms with Crippen molar-refractivity contribution in [1.82, 2.24) is 14.6 Å². The van der Waals surface area contributed by atoms with Crippen LogP contribution in [0.3, 0.4) is 0 Å². The van der Waals surface area contributed by atoms with E-state index in [9.17, 15) is 4.79 Å². The van der Waals surface area contributed by atoms with Gasteiger partial charge >= 0.3 is 0 Å². The van der Waals surface area contributed by atoms with Gasteiger partial charge in [-0.2, -0.15) is 5.10 Å². The first-order chi connectivity index (χ1) is 10.7. The Morgan fingerprint density at radius 3 is 3.00 bits per heavy atom. The molecule has 3 heterocycles. The lowest BCUT2D eigenvalue weighted by Gasteiger charge is -2.02. The molecule has 4 rings (SSSR count). The van der Waals surface area contributed by atoms with Crippen molar-refractivity contribution < 1.29 is 4.79 Å². The number of carbonyl (C=O) groups is 1. The van der Waals surface area contributed by atoms with Crippen molar-refractivity contribution in [1.29, 1.82) is 0 Å². The van der Waals surface area contributed by atoms with Crippen molar-refractivity contribution in [3.63, 3.8) is 0 Å². The molecule has 1 N–H and O–H groups in total. The summed E-state index contributed by atoms with van der Waals surface area (Å²) in [6.45, 7) is 1.97. The van der Waals surface area contributed by atoms with E-state index in [0.29, 0.717) is 5.69 Å². The molecule has 0 aliphatic heterocycles. The van der Waals surface area contributed by atoms with E-state index < -0.39 is 0 Å². The van der Waals surface area contributed by atoms with Gasteiger partial charge in [-0.1, -0.05) is 6.07 Å². The van der Waals surface area contributed by atoms with Gasteiger partial charge in [-0.25, -0.2) is 9.50 Å². The van der Waals surface area contributed by atoms with Crippen LogP contribution in [0, 0.1) is 6.92 Å². The molecule has 0 bridgehead atoms. The Kier molecular flexibility index (Phi) is 2.90. The van der Waals surface area contributed by atoms with Gasteiger partial charge in [0.2, 0.25) is 0 Å². The molecule has 0 radical (unpaired) electrons. The predicted octanol–water partition coefficient (Wildman–Crippen LogP) is 3.50. The molecule has 108 valence electrons. The molecule has 1 aromatic carbocycles. The number of aromatic nitrogens is 3. The minimum atomic E-state index is -0.218. The molecule has 3 aromatic heterocycles. The highest BCUT2D eigenvalue weighted by atomic mass is 32.1. The van der Waals surface area contributed by atoms with E-state index in [0.717, 1.165) is 26.4 Å². The number of amides is 1. The van der Waals surface area contributed by atoms with Gasteiger partial charge in [0.05, 0.1) is 20.7 Å². The van der Waals surface area contributed by atoms with Crippen molar-refractivity contribution in [3.8, 4) is 0 Å². The fraction of sp³-hybridized carbons (Fsp3) is 0.0625. The fourth-order valence-electron chi connectivity index (χ4n) is 2.36. The van der Waals surface area contributed by atoms with Crippen LogP contribution in [0.5, 0.6) is 0 Å². The Morgan fingerprint density at radius 1 is 1.23 bits per heavy atom. The third kappa shape index (κ3) is 2.23.